The van der Waals surface area contributed by atoms with Gasteiger partial charge in [-0.25, -0.2) is 9.78 Å². The Morgan fingerprint density at radius 2 is 1.96 bits per heavy atom. The van der Waals surface area contributed by atoms with Crippen LogP contribution in [0.3, 0.4) is 0 Å². The monoisotopic (exact) mass is 365 g/mol. The number of hydrogen-bond acceptors (Lipinski definition) is 7. The normalized spacial score (nSPS) is 12.0. The molecular formula is C16H19N3O5S. The van der Waals surface area contributed by atoms with Gasteiger partial charge in [0.1, 0.15) is 11.3 Å². The molecule has 0 saturated heterocycles. The number of hydrogen-bond donors (Lipinski definition) is 2. The predicted octanol–water partition coefficient (Wildman–Crippen LogP) is 2.09. The molecule has 0 fully saturated rings. The Morgan fingerprint density at radius 1 is 1.24 bits per heavy atom. The van der Waals surface area contributed by atoms with E-state index in [4.69, 9.17) is 9.15 Å². The number of rotatable bonds is 6. The second-order valence-electron chi connectivity index (χ2n) is 5.49. The van der Waals surface area contributed by atoms with Crippen LogP contribution in [-0.4, -0.2) is 40.8 Å². The summed E-state index contributed by atoms with van der Waals surface area (Å²) in [6.45, 7) is 4.91. The van der Waals surface area contributed by atoms with Crippen molar-refractivity contribution in [1.29, 1.82) is 0 Å². The summed E-state index contributed by atoms with van der Waals surface area (Å²) in [6, 6.07) is 6.49. The minimum atomic E-state index is -1.09. The Morgan fingerprint density at radius 3 is 2.64 bits per heavy atom. The minimum Gasteiger partial charge on any atom is -0.452 e. The molecule has 0 bridgehead atoms. The highest BCUT2D eigenvalue weighted by Gasteiger charge is 2.20. The Hall–Kier alpha value is -2.55. The van der Waals surface area contributed by atoms with Crippen molar-refractivity contribution in [1.82, 2.24) is 15.6 Å². The van der Waals surface area contributed by atoms with Crippen LogP contribution in [0.1, 0.15) is 20.8 Å². The van der Waals surface area contributed by atoms with Crippen LogP contribution in [-0.2, 0) is 14.3 Å². The number of fused-ring (bicyclic) bond motifs is 1. The number of ether oxygens (including phenoxy) is 1. The summed E-state index contributed by atoms with van der Waals surface area (Å²) in [4.78, 5) is 39.3. The summed E-state index contributed by atoms with van der Waals surface area (Å²) in [6.07, 6.45) is -1.09. The first-order valence-electron chi connectivity index (χ1n) is 7.64. The van der Waals surface area contributed by atoms with Crippen LogP contribution in [0.2, 0.25) is 0 Å². The minimum absolute atomic E-state index is 0.0668. The number of thioether (sulfide) groups is 1. The molecule has 2 N–H and O–H groups in total. The lowest BCUT2D eigenvalue weighted by atomic mass is 10.3. The first kappa shape index (κ1) is 18.8. The zero-order valence-corrected chi connectivity index (χ0v) is 14.9. The summed E-state index contributed by atoms with van der Waals surface area (Å²) in [7, 11) is 0. The Kier molecular flexibility index (Phi) is 6.40. The van der Waals surface area contributed by atoms with E-state index in [0.717, 1.165) is 11.8 Å². The van der Waals surface area contributed by atoms with Gasteiger partial charge in [0.15, 0.2) is 11.7 Å². The molecule has 1 aromatic carbocycles. The van der Waals surface area contributed by atoms with Crippen LogP contribution in [0.25, 0.3) is 11.1 Å². The second-order valence-corrected chi connectivity index (χ2v) is 6.41. The number of urea groups is 1. The molecule has 0 aliphatic heterocycles. The van der Waals surface area contributed by atoms with E-state index in [-0.39, 0.29) is 11.8 Å². The van der Waals surface area contributed by atoms with Gasteiger partial charge >= 0.3 is 12.0 Å². The molecule has 1 aromatic heterocycles. The van der Waals surface area contributed by atoms with Crippen molar-refractivity contribution in [2.45, 2.75) is 38.1 Å². The molecule has 0 aliphatic rings. The van der Waals surface area contributed by atoms with E-state index in [1.54, 1.807) is 26.0 Å². The fourth-order valence-corrected chi connectivity index (χ4v) is 2.45. The van der Waals surface area contributed by atoms with Gasteiger partial charge in [-0.3, -0.25) is 14.9 Å². The van der Waals surface area contributed by atoms with Gasteiger partial charge in [0.2, 0.25) is 0 Å². The van der Waals surface area contributed by atoms with E-state index < -0.39 is 24.0 Å². The van der Waals surface area contributed by atoms with Gasteiger partial charge in [0.05, 0.1) is 0 Å². The smallest absolute Gasteiger partial charge is 0.321 e. The van der Waals surface area contributed by atoms with Crippen molar-refractivity contribution in [2.24, 2.45) is 0 Å². The highest BCUT2D eigenvalue weighted by atomic mass is 32.2. The van der Waals surface area contributed by atoms with Crippen molar-refractivity contribution < 1.29 is 23.5 Å². The summed E-state index contributed by atoms with van der Waals surface area (Å²) in [5, 5.41) is 4.95. The standard InChI is InChI=1S/C16H19N3O5S/c1-9(2)17-15(22)19-14(21)10(3)23-13(20)8-25-16-18-11-6-4-5-7-12(11)24-16/h4-7,9-10H,8H2,1-3H3,(H2,17,19,21,22)/t10-/m0/s1. The third kappa shape index (κ3) is 5.79. The van der Waals surface area contributed by atoms with Gasteiger partial charge < -0.3 is 14.5 Å². The lowest BCUT2D eigenvalue weighted by molar-refractivity contribution is -0.151. The van der Waals surface area contributed by atoms with Crippen molar-refractivity contribution in [2.75, 3.05) is 5.75 Å². The summed E-state index contributed by atoms with van der Waals surface area (Å²) in [5.41, 5.74) is 1.32. The van der Waals surface area contributed by atoms with Crippen LogP contribution in [0, 0.1) is 0 Å². The van der Waals surface area contributed by atoms with E-state index in [1.165, 1.54) is 6.92 Å². The molecule has 0 aliphatic carbocycles. The molecular weight excluding hydrogens is 346 g/mol. The second kappa shape index (κ2) is 8.52. The first-order chi connectivity index (χ1) is 11.8. The number of para-hydroxylation sites is 2. The summed E-state index contributed by atoms with van der Waals surface area (Å²) >= 11 is 1.07. The van der Waals surface area contributed by atoms with Gasteiger partial charge in [0, 0.05) is 6.04 Å². The number of carbonyl (C=O) groups excluding carboxylic acids is 3. The fraction of sp³-hybridized carbons (Fsp3) is 0.375. The predicted molar refractivity (Wildman–Crippen MR) is 92.1 cm³/mol. The van der Waals surface area contributed by atoms with E-state index in [0.29, 0.717) is 16.3 Å². The van der Waals surface area contributed by atoms with Crippen molar-refractivity contribution in [3.63, 3.8) is 0 Å². The SMILES string of the molecule is CC(C)NC(=O)NC(=O)[C@H](C)OC(=O)CSc1nc2ccccc2o1. The third-order valence-electron chi connectivity index (χ3n) is 2.92. The number of nitrogens with zero attached hydrogens (tertiary/aromatic N) is 1. The molecule has 0 spiro atoms. The number of imide groups is 1. The molecule has 1 heterocycles. The highest BCUT2D eigenvalue weighted by Crippen LogP contribution is 2.23. The number of carbonyl (C=O) groups is 3. The average molecular weight is 365 g/mol. The van der Waals surface area contributed by atoms with Gasteiger partial charge in [-0.05, 0) is 32.9 Å². The van der Waals surface area contributed by atoms with Crippen LogP contribution >= 0.6 is 11.8 Å². The maximum Gasteiger partial charge on any atom is 0.321 e. The molecule has 0 saturated carbocycles. The van der Waals surface area contributed by atoms with Crippen LogP contribution in [0.15, 0.2) is 33.9 Å². The lowest BCUT2D eigenvalue weighted by Crippen LogP contribution is -2.46. The van der Waals surface area contributed by atoms with Crippen LogP contribution in [0.5, 0.6) is 0 Å². The van der Waals surface area contributed by atoms with E-state index in [1.807, 2.05) is 12.1 Å². The van der Waals surface area contributed by atoms with Crippen molar-refractivity contribution >= 4 is 40.8 Å². The molecule has 8 nitrogen and oxygen atoms in total. The van der Waals surface area contributed by atoms with E-state index >= 15 is 0 Å². The Balaban J connectivity index is 1.78. The third-order valence-corrected chi connectivity index (χ3v) is 3.72. The zero-order chi connectivity index (χ0) is 18.4. The fourth-order valence-electron chi connectivity index (χ4n) is 1.83. The molecule has 0 radical (unpaired) electrons. The number of aromatic nitrogens is 1. The van der Waals surface area contributed by atoms with E-state index in [2.05, 4.69) is 15.6 Å². The molecule has 0 unspecified atom stereocenters. The maximum absolute atomic E-state index is 11.8. The zero-order valence-electron chi connectivity index (χ0n) is 14.1. The summed E-state index contributed by atoms with van der Waals surface area (Å²) in [5.74, 6) is -1.37. The molecule has 25 heavy (non-hydrogen) atoms. The molecule has 1 atom stereocenters. The molecule has 2 aromatic rings. The van der Waals surface area contributed by atoms with Gasteiger partial charge in [-0.15, -0.1) is 0 Å². The molecule has 134 valence electrons. The maximum atomic E-state index is 11.8. The van der Waals surface area contributed by atoms with Gasteiger partial charge in [0.25, 0.3) is 11.1 Å². The van der Waals surface area contributed by atoms with Gasteiger partial charge in [-0.1, -0.05) is 23.9 Å². The lowest BCUT2D eigenvalue weighted by Gasteiger charge is -2.14. The number of amides is 3. The average Bonchev–Trinajstić information content (AvgIpc) is 2.94. The molecule has 9 heteroatoms. The molecule has 3 amide bonds. The first-order valence-corrected chi connectivity index (χ1v) is 8.63. The van der Waals surface area contributed by atoms with E-state index in [9.17, 15) is 14.4 Å². The largest absolute Gasteiger partial charge is 0.452 e. The molecule has 2 rings (SSSR count). The quantitative estimate of drug-likeness (QED) is 0.595. The summed E-state index contributed by atoms with van der Waals surface area (Å²) < 4.78 is 10.5. The number of benzene rings is 1. The van der Waals surface area contributed by atoms with Crippen molar-refractivity contribution in [3.8, 4) is 0 Å². The van der Waals surface area contributed by atoms with Gasteiger partial charge in [-0.2, -0.15) is 0 Å². The number of esters is 1. The van der Waals surface area contributed by atoms with Crippen LogP contribution < -0.4 is 10.6 Å². The highest BCUT2D eigenvalue weighted by molar-refractivity contribution is 7.99. The topological polar surface area (TPSA) is 111 Å². The Bertz CT molecular complexity index is 741. The van der Waals surface area contributed by atoms with Crippen LogP contribution in [0.4, 0.5) is 4.79 Å². The number of oxazole rings is 1. The Labute approximate surface area is 148 Å². The number of nitrogens with one attached hydrogen (secondary N) is 2. The van der Waals surface area contributed by atoms with Crippen molar-refractivity contribution in [3.05, 3.63) is 24.3 Å².